The van der Waals surface area contributed by atoms with Crippen LogP contribution in [0.3, 0.4) is 0 Å². The molecule has 0 aromatic heterocycles. The summed E-state index contributed by atoms with van der Waals surface area (Å²) in [6.45, 7) is 4.33. The van der Waals surface area contributed by atoms with Crippen molar-refractivity contribution in [2.24, 2.45) is 5.92 Å². The zero-order chi connectivity index (χ0) is 16.0. The van der Waals surface area contributed by atoms with Crippen LogP contribution in [0.15, 0.2) is 22.7 Å². The van der Waals surface area contributed by atoms with E-state index in [0.29, 0.717) is 10.4 Å². The maximum Gasteiger partial charge on any atom is 0.442 e. The predicted molar refractivity (Wildman–Crippen MR) is 97.7 cm³/mol. The van der Waals surface area contributed by atoms with Crippen molar-refractivity contribution in [2.45, 2.75) is 32.2 Å². The van der Waals surface area contributed by atoms with Crippen LogP contribution in [0, 0.1) is 5.92 Å². The summed E-state index contributed by atoms with van der Waals surface area (Å²) >= 11 is 4.95. The summed E-state index contributed by atoms with van der Waals surface area (Å²) in [6, 6.07) is 4.84. The van der Waals surface area contributed by atoms with E-state index >= 15 is 0 Å². The molecule has 2 radical (unpaired) electrons. The van der Waals surface area contributed by atoms with E-state index in [1.54, 1.807) is 23.9 Å². The number of hydrogen-bond acceptors (Lipinski definition) is 3. The van der Waals surface area contributed by atoms with Gasteiger partial charge in [-0.15, -0.1) is 0 Å². The van der Waals surface area contributed by atoms with Gasteiger partial charge in [-0.25, -0.2) is 4.57 Å². The Labute approximate surface area is 193 Å². The van der Waals surface area contributed by atoms with Gasteiger partial charge in [0.1, 0.15) is 5.75 Å². The molecule has 0 spiro atoms. The van der Waals surface area contributed by atoms with Gasteiger partial charge < -0.3 is 9.42 Å². The number of hydrogen-bond donors (Lipinski definition) is 1. The Morgan fingerprint density at radius 3 is 2.43 bits per heavy atom. The van der Waals surface area contributed by atoms with Gasteiger partial charge in [0.05, 0.1) is 4.47 Å². The maximum atomic E-state index is 12.3. The number of benzene rings is 1. The molecule has 10 heteroatoms. The van der Waals surface area contributed by atoms with Crippen molar-refractivity contribution in [2.75, 3.05) is 5.75 Å². The third kappa shape index (κ3) is 10.6. The molecule has 0 bridgehead atoms. The quantitative estimate of drug-likeness (QED) is 0.354. The summed E-state index contributed by atoms with van der Waals surface area (Å²) in [5.41, 5.74) is 0.993. The van der Waals surface area contributed by atoms with E-state index < -0.39 is 13.8 Å². The van der Waals surface area contributed by atoms with Crippen LogP contribution in [0.5, 0.6) is 5.75 Å². The van der Waals surface area contributed by atoms with Crippen LogP contribution >= 0.6 is 35.3 Å². The second kappa shape index (κ2) is 13.1. The van der Waals surface area contributed by atoms with Crippen LogP contribution in [0.2, 0.25) is 0 Å². The predicted octanol–water partition coefficient (Wildman–Crippen LogP) is 4.75. The molecule has 1 N–H and O–H groups in total. The number of thioether (sulfide) groups is 1. The third-order valence-corrected chi connectivity index (χ3v) is 5.21. The van der Waals surface area contributed by atoms with Crippen molar-refractivity contribution in [3.05, 3.63) is 28.2 Å². The molecule has 1 unspecified atom stereocenters. The molecule has 0 aliphatic rings. The smallest absolute Gasteiger partial charge is 0.420 e. The summed E-state index contributed by atoms with van der Waals surface area (Å²) in [5.74, 6) is 2.44. The molecule has 122 valence electrons. The molecule has 1 aromatic carbocycles. The monoisotopic (exact) mass is 448 g/mol. The molecule has 3 nitrogen and oxygen atoms in total. The Hall–Kier alpha value is 1.90. The first kappa shape index (κ1) is 27.1. The van der Waals surface area contributed by atoms with E-state index in [4.69, 9.17) is 4.89 Å². The Morgan fingerprint density at radius 1 is 1.35 bits per heavy atom. The Kier molecular flexibility index (Phi) is 15.5. The number of alkyl halides is 2. The fourth-order valence-electron chi connectivity index (χ4n) is 1.40. The minimum Gasteiger partial charge on any atom is -0.420 e. The second-order valence-electron chi connectivity index (χ2n) is 4.93. The molecule has 0 fully saturated rings. The molecule has 0 heterocycles. The molecule has 0 amide bonds. The Morgan fingerprint density at radius 2 is 1.96 bits per heavy atom. The molecule has 1 atom stereocenters. The molecule has 1 rings (SSSR count). The van der Waals surface area contributed by atoms with E-state index in [-0.39, 0.29) is 64.9 Å². The largest absolute Gasteiger partial charge is 0.442 e. The van der Waals surface area contributed by atoms with E-state index in [9.17, 15) is 13.3 Å². The zero-order valence-electron chi connectivity index (χ0n) is 13.8. The molecule has 0 aliphatic heterocycles. The Bertz CT molecular complexity index is 524. The van der Waals surface area contributed by atoms with Gasteiger partial charge in [-0.3, -0.25) is 0 Å². The van der Waals surface area contributed by atoms with E-state index in [1.165, 1.54) is 6.07 Å². The zero-order valence-corrected chi connectivity index (χ0v) is 21.1. The third-order valence-electron chi connectivity index (χ3n) is 2.58. The first-order chi connectivity index (χ1) is 9.72. The van der Waals surface area contributed by atoms with Gasteiger partial charge in [0.15, 0.2) is 0 Å². The summed E-state index contributed by atoms with van der Waals surface area (Å²) in [7, 11) is -4.93. The van der Waals surface area contributed by atoms with Crippen molar-refractivity contribution in [3.8, 4) is 5.75 Å². The molecule has 0 saturated carbocycles. The van der Waals surface area contributed by atoms with Crippen molar-refractivity contribution in [1.29, 1.82) is 0 Å². The summed E-state index contributed by atoms with van der Waals surface area (Å²) in [4.78, 5) is 9.02. The van der Waals surface area contributed by atoms with E-state index in [1.807, 2.05) is 0 Å². The summed E-state index contributed by atoms with van der Waals surface area (Å²) < 4.78 is 40.7. The van der Waals surface area contributed by atoms with Crippen LogP contribution in [-0.2, 0) is 10.3 Å². The minimum absolute atomic E-state index is 0. The molecular formula is C13H18BrF2Na2O3PS. The average Bonchev–Trinajstić information content (AvgIpc) is 2.37. The fraction of sp³-hybridized carbons (Fsp3) is 0.538. The van der Waals surface area contributed by atoms with Gasteiger partial charge in [0.25, 0.3) is 0 Å². The van der Waals surface area contributed by atoms with Crippen LogP contribution in [0.25, 0.3) is 0 Å². The number of halogens is 3. The molecular weight excluding hydrogens is 431 g/mol. The van der Waals surface area contributed by atoms with Crippen LogP contribution in [0.1, 0.15) is 25.8 Å². The summed E-state index contributed by atoms with van der Waals surface area (Å²) in [5, 5.41) is 0. The van der Waals surface area contributed by atoms with Crippen LogP contribution < -0.4 is 4.52 Å². The minimum atomic E-state index is -4.93. The van der Waals surface area contributed by atoms with Crippen molar-refractivity contribution in [1.82, 2.24) is 0 Å². The van der Waals surface area contributed by atoms with Gasteiger partial charge in [-0.05, 0) is 51.7 Å². The van der Waals surface area contributed by atoms with Gasteiger partial charge in [-0.1, -0.05) is 19.9 Å². The van der Waals surface area contributed by atoms with Gasteiger partial charge in [-0.2, -0.15) is 20.5 Å². The van der Waals surface area contributed by atoms with Crippen molar-refractivity contribution < 1.29 is 22.8 Å². The first-order valence-electron chi connectivity index (χ1n) is 6.38. The van der Waals surface area contributed by atoms with Crippen LogP contribution in [0.4, 0.5) is 8.78 Å². The number of rotatable bonds is 8. The second-order valence-corrected chi connectivity index (χ2v) is 8.59. The molecule has 0 aliphatic carbocycles. The average molecular weight is 449 g/mol. The molecule has 0 saturated heterocycles. The summed E-state index contributed by atoms with van der Waals surface area (Å²) in [6.07, 6.45) is -2.29. The van der Waals surface area contributed by atoms with Crippen molar-refractivity contribution >= 4 is 94.4 Å². The van der Waals surface area contributed by atoms with Crippen LogP contribution in [-0.4, -0.2) is 75.9 Å². The van der Waals surface area contributed by atoms with Crippen molar-refractivity contribution in [3.63, 3.8) is 0 Å². The van der Waals surface area contributed by atoms with E-state index in [2.05, 4.69) is 34.3 Å². The molecule has 23 heavy (non-hydrogen) atoms. The normalized spacial score (nSPS) is 13.2. The fourth-order valence-corrected chi connectivity index (χ4v) is 3.75. The van der Waals surface area contributed by atoms with Gasteiger partial charge in [0.2, 0.25) is 0 Å². The van der Waals surface area contributed by atoms with Gasteiger partial charge >= 0.3 is 13.8 Å². The SMILES string of the molecule is CC(C)CCSCc1ccc(OP(=O)(O)C(F)F)c(Br)c1.[Na].[Na]. The Balaban J connectivity index is 0. The topological polar surface area (TPSA) is 46.5 Å². The first-order valence-corrected chi connectivity index (χ1v) is 9.98. The molecule has 1 aromatic rings. The van der Waals surface area contributed by atoms with E-state index in [0.717, 1.165) is 23.5 Å². The maximum absolute atomic E-state index is 12.3. The standard InChI is InChI=1S/C13H18BrF2O3PS.2Na/c1-9(2)5-6-21-8-10-3-4-12(11(14)7-10)19-20(17,18)13(15)16;;/h3-4,7,9,13H,5-6,8H2,1-2H3,(H,17,18);;. The van der Waals surface area contributed by atoms with Gasteiger partial charge in [0, 0.05) is 64.9 Å².